The SMILES string of the molecule is CCn1ccc(=O)n(Cc2cccc(C(=O)NN)c2)c1=O. The van der Waals surface area contributed by atoms with Crippen LogP contribution in [-0.2, 0) is 13.1 Å². The van der Waals surface area contributed by atoms with Crippen LogP contribution in [0.5, 0.6) is 0 Å². The summed E-state index contributed by atoms with van der Waals surface area (Å²) in [7, 11) is 0. The second kappa shape index (κ2) is 6.19. The maximum Gasteiger partial charge on any atom is 0.331 e. The highest BCUT2D eigenvalue weighted by atomic mass is 16.2. The summed E-state index contributed by atoms with van der Waals surface area (Å²) in [4.78, 5) is 35.4. The summed E-state index contributed by atoms with van der Waals surface area (Å²) in [5.74, 6) is 4.66. The number of nitrogens with two attached hydrogens (primary N) is 1. The summed E-state index contributed by atoms with van der Waals surface area (Å²) in [6.45, 7) is 2.40. The number of nitrogens with one attached hydrogen (secondary N) is 1. The quantitative estimate of drug-likeness (QED) is 0.457. The van der Waals surface area contributed by atoms with Crippen molar-refractivity contribution in [1.29, 1.82) is 0 Å². The number of rotatable bonds is 4. The van der Waals surface area contributed by atoms with Crippen LogP contribution in [0.1, 0.15) is 22.8 Å². The van der Waals surface area contributed by atoms with Gasteiger partial charge in [0.05, 0.1) is 6.54 Å². The van der Waals surface area contributed by atoms with Gasteiger partial charge in [-0.2, -0.15) is 0 Å². The first kappa shape index (κ1) is 14.7. The Balaban J connectivity index is 2.41. The van der Waals surface area contributed by atoms with Gasteiger partial charge in [-0.05, 0) is 24.6 Å². The number of aryl methyl sites for hydroxylation is 1. The summed E-state index contributed by atoms with van der Waals surface area (Å²) in [5.41, 5.74) is 2.33. The van der Waals surface area contributed by atoms with E-state index in [1.165, 1.54) is 16.8 Å². The van der Waals surface area contributed by atoms with Gasteiger partial charge < -0.3 is 4.57 Å². The highest BCUT2D eigenvalue weighted by Gasteiger charge is 2.08. The van der Waals surface area contributed by atoms with Gasteiger partial charge in [0.2, 0.25) is 0 Å². The molecular formula is C14H16N4O3. The lowest BCUT2D eigenvalue weighted by atomic mass is 10.1. The van der Waals surface area contributed by atoms with E-state index in [2.05, 4.69) is 0 Å². The number of nitrogen functional groups attached to an aromatic ring is 1. The fourth-order valence-electron chi connectivity index (χ4n) is 2.02. The van der Waals surface area contributed by atoms with E-state index in [1.54, 1.807) is 24.3 Å². The van der Waals surface area contributed by atoms with Crippen LogP contribution in [0.3, 0.4) is 0 Å². The van der Waals surface area contributed by atoms with Crippen LogP contribution in [0.25, 0.3) is 0 Å². The van der Waals surface area contributed by atoms with E-state index >= 15 is 0 Å². The smallest absolute Gasteiger partial charge is 0.301 e. The Morgan fingerprint density at radius 3 is 2.71 bits per heavy atom. The molecule has 0 fully saturated rings. The zero-order valence-corrected chi connectivity index (χ0v) is 11.6. The van der Waals surface area contributed by atoms with Gasteiger partial charge in [0, 0.05) is 24.4 Å². The highest BCUT2D eigenvalue weighted by molar-refractivity contribution is 5.93. The third-order valence-electron chi connectivity index (χ3n) is 3.14. The van der Waals surface area contributed by atoms with Gasteiger partial charge in [-0.15, -0.1) is 0 Å². The van der Waals surface area contributed by atoms with Gasteiger partial charge in [-0.3, -0.25) is 19.6 Å². The third kappa shape index (κ3) is 3.09. The molecule has 21 heavy (non-hydrogen) atoms. The van der Waals surface area contributed by atoms with E-state index < -0.39 is 5.91 Å². The zero-order chi connectivity index (χ0) is 15.4. The number of amides is 1. The molecule has 7 heteroatoms. The minimum atomic E-state index is -0.428. The Morgan fingerprint density at radius 1 is 1.29 bits per heavy atom. The van der Waals surface area contributed by atoms with Gasteiger partial charge in [-0.1, -0.05) is 12.1 Å². The molecule has 1 aromatic heterocycles. The maximum atomic E-state index is 12.1. The molecular weight excluding hydrogens is 272 g/mol. The maximum absolute atomic E-state index is 12.1. The summed E-state index contributed by atoms with van der Waals surface area (Å²) < 4.78 is 2.57. The molecule has 0 unspecified atom stereocenters. The van der Waals surface area contributed by atoms with E-state index in [4.69, 9.17) is 5.84 Å². The van der Waals surface area contributed by atoms with Gasteiger partial charge in [0.15, 0.2) is 0 Å². The second-order valence-electron chi connectivity index (χ2n) is 4.48. The van der Waals surface area contributed by atoms with Crippen LogP contribution < -0.4 is 22.5 Å². The van der Waals surface area contributed by atoms with Crippen LogP contribution >= 0.6 is 0 Å². The zero-order valence-electron chi connectivity index (χ0n) is 11.6. The molecule has 0 aliphatic heterocycles. The Kier molecular flexibility index (Phi) is 4.34. The first-order valence-electron chi connectivity index (χ1n) is 6.47. The van der Waals surface area contributed by atoms with Crippen LogP contribution in [0.15, 0.2) is 46.1 Å². The molecule has 1 heterocycles. The van der Waals surface area contributed by atoms with E-state index in [1.807, 2.05) is 12.3 Å². The molecule has 0 saturated carbocycles. The fraction of sp³-hybridized carbons (Fsp3) is 0.214. The molecule has 110 valence electrons. The normalized spacial score (nSPS) is 10.4. The minimum absolute atomic E-state index is 0.101. The molecule has 0 aliphatic rings. The standard InChI is InChI=1S/C14H16N4O3/c1-2-17-7-6-12(19)18(14(17)21)9-10-4-3-5-11(8-10)13(20)16-15/h3-8H,2,9,15H2,1H3,(H,16,20). The minimum Gasteiger partial charge on any atom is -0.301 e. The Hall–Kier alpha value is -2.67. The van der Waals surface area contributed by atoms with E-state index in [9.17, 15) is 14.4 Å². The lowest BCUT2D eigenvalue weighted by Crippen LogP contribution is -2.39. The molecule has 1 aromatic carbocycles. The summed E-state index contributed by atoms with van der Waals surface area (Å²) >= 11 is 0. The molecule has 0 spiro atoms. The van der Waals surface area contributed by atoms with E-state index in [0.29, 0.717) is 17.7 Å². The lowest BCUT2D eigenvalue weighted by Gasteiger charge is -2.09. The van der Waals surface area contributed by atoms with E-state index in [0.717, 1.165) is 4.57 Å². The largest absolute Gasteiger partial charge is 0.331 e. The molecule has 0 bridgehead atoms. The van der Waals surface area contributed by atoms with Gasteiger partial charge in [-0.25, -0.2) is 10.6 Å². The molecule has 0 radical (unpaired) electrons. The second-order valence-corrected chi connectivity index (χ2v) is 4.48. The highest BCUT2D eigenvalue weighted by Crippen LogP contribution is 2.05. The number of benzene rings is 1. The van der Waals surface area contributed by atoms with Gasteiger partial charge in [0.25, 0.3) is 11.5 Å². The first-order chi connectivity index (χ1) is 10.1. The third-order valence-corrected chi connectivity index (χ3v) is 3.14. The van der Waals surface area contributed by atoms with Crippen molar-refractivity contribution in [2.24, 2.45) is 5.84 Å². The van der Waals surface area contributed by atoms with Crippen molar-refractivity contribution in [2.75, 3.05) is 0 Å². The molecule has 2 aromatic rings. The van der Waals surface area contributed by atoms with Crippen molar-refractivity contribution in [3.63, 3.8) is 0 Å². The number of aromatic nitrogens is 2. The molecule has 0 aliphatic carbocycles. The molecule has 0 atom stereocenters. The fourth-order valence-corrected chi connectivity index (χ4v) is 2.02. The van der Waals surface area contributed by atoms with Crippen LogP contribution in [0, 0.1) is 0 Å². The average Bonchev–Trinajstić information content (AvgIpc) is 2.51. The predicted octanol–water partition coefficient (Wildman–Crippen LogP) is -0.318. The summed E-state index contributed by atoms with van der Waals surface area (Å²) in [6.07, 6.45) is 1.47. The van der Waals surface area contributed by atoms with Crippen molar-refractivity contribution >= 4 is 5.91 Å². The molecule has 2 rings (SSSR count). The van der Waals surface area contributed by atoms with Crippen molar-refractivity contribution in [3.05, 3.63) is 68.5 Å². The van der Waals surface area contributed by atoms with Crippen LogP contribution in [0.2, 0.25) is 0 Å². The molecule has 0 saturated heterocycles. The predicted molar refractivity (Wildman–Crippen MR) is 77.8 cm³/mol. The van der Waals surface area contributed by atoms with E-state index in [-0.39, 0.29) is 17.8 Å². The lowest BCUT2D eigenvalue weighted by molar-refractivity contribution is 0.0953. The topological polar surface area (TPSA) is 99.1 Å². The number of hydrogen-bond acceptors (Lipinski definition) is 4. The Labute approximate surface area is 120 Å². The monoisotopic (exact) mass is 288 g/mol. The van der Waals surface area contributed by atoms with Gasteiger partial charge in [0.1, 0.15) is 0 Å². The Bertz CT molecular complexity index is 776. The van der Waals surface area contributed by atoms with Gasteiger partial charge >= 0.3 is 5.69 Å². The molecule has 3 N–H and O–H groups in total. The summed E-state index contributed by atoms with van der Waals surface area (Å²) in [5, 5.41) is 0. The van der Waals surface area contributed by atoms with Crippen molar-refractivity contribution < 1.29 is 4.79 Å². The number of carbonyl (C=O) groups is 1. The molecule has 7 nitrogen and oxygen atoms in total. The number of hydrazine groups is 1. The van der Waals surface area contributed by atoms with Crippen molar-refractivity contribution in [1.82, 2.24) is 14.6 Å². The number of nitrogens with zero attached hydrogens (tertiary/aromatic N) is 2. The number of hydrogen-bond donors (Lipinski definition) is 2. The molecule has 1 amide bonds. The van der Waals surface area contributed by atoms with Crippen molar-refractivity contribution in [3.8, 4) is 0 Å². The Morgan fingerprint density at radius 2 is 2.05 bits per heavy atom. The number of carbonyl (C=O) groups excluding carboxylic acids is 1. The first-order valence-corrected chi connectivity index (χ1v) is 6.47. The summed E-state index contributed by atoms with van der Waals surface area (Å²) in [6, 6.07) is 7.96. The van der Waals surface area contributed by atoms with Crippen LogP contribution in [-0.4, -0.2) is 15.0 Å². The van der Waals surface area contributed by atoms with Crippen LogP contribution in [0.4, 0.5) is 0 Å². The van der Waals surface area contributed by atoms with Crippen molar-refractivity contribution in [2.45, 2.75) is 20.0 Å². The average molecular weight is 288 g/mol.